The van der Waals surface area contributed by atoms with Crippen molar-refractivity contribution in [2.45, 2.75) is 81.0 Å². The van der Waals surface area contributed by atoms with Crippen molar-refractivity contribution in [3.63, 3.8) is 0 Å². The van der Waals surface area contributed by atoms with Crippen LogP contribution in [-0.4, -0.2) is 65.2 Å². The molecule has 59 heavy (non-hydrogen) atoms. The van der Waals surface area contributed by atoms with Gasteiger partial charge in [-0.15, -0.1) is 0 Å². The minimum Gasteiger partial charge on any atom is -0.424 e. The van der Waals surface area contributed by atoms with E-state index in [1.807, 2.05) is 71.1 Å². The number of nitrogen functional groups attached to an aromatic ring is 1. The largest absolute Gasteiger partial charge is 0.424 e. The van der Waals surface area contributed by atoms with Gasteiger partial charge < -0.3 is 20.7 Å². The van der Waals surface area contributed by atoms with Gasteiger partial charge in [-0.25, -0.2) is 4.98 Å². The maximum Gasteiger partial charge on any atom is 0.323 e. The lowest BCUT2D eigenvalue weighted by Gasteiger charge is -2.30. The first-order valence-electron chi connectivity index (χ1n) is 19.2. The molecule has 5 N–H and O–H groups in total. The number of nitrogens with two attached hydrogens (primary N) is 1. The number of nitrogens with one attached hydrogen (secondary N) is 1. The van der Waals surface area contributed by atoms with Gasteiger partial charge in [-0.2, -0.15) is 26.4 Å². The number of carbonyl (C=O) groups excluding carboxylic acids is 1. The Morgan fingerprint density at radius 3 is 2.32 bits per heavy atom. The van der Waals surface area contributed by atoms with E-state index in [2.05, 4.69) is 24.8 Å². The van der Waals surface area contributed by atoms with Gasteiger partial charge in [0.05, 0.1) is 15.2 Å². The van der Waals surface area contributed by atoms with Crippen LogP contribution in [0, 0.1) is 0 Å². The summed E-state index contributed by atoms with van der Waals surface area (Å²) in [4.78, 5) is 23.0. The smallest absolute Gasteiger partial charge is 0.323 e. The van der Waals surface area contributed by atoms with Gasteiger partial charge in [0.2, 0.25) is 11.6 Å². The van der Waals surface area contributed by atoms with E-state index in [1.165, 1.54) is 30.5 Å². The zero-order valence-corrected chi connectivity index (χ0v) is 35.2. The second-order valence-corrected chi connectivity index (χ2v) is 17.9. The summed E-state index contributed by atoms with van der Waals surface area (Å²) in [5, 5.41) is 2.97. The monoisotopic (exact) mass is 841 g/mol. The topological polar surface area (TPSA) is 205 Å². The van der Waals surface area contributed by atoms with E-state index in [0.29, 0.717) is 31.7 Å². The van der Waals surface area contributed by atoms with Gasteiger partial charge in [-0.3, -0.25) is 13.9 Å². The SMILES string of the molecule is CCN1/C(=C/C=C/C=C/C2=[N+](CC)c3ccc(S(=O)(=O)O)cc3C2(C)C)C(C)(CCCC(=O)NCc2cccc(Oc3nccc(N)n3)c2)c2cc(S(=O)(=O)O)ccc21. The molecule has 2 aliphatic rings. The third-order valence-corrected chi connectivity index (χ3v) is 12.6. The molecule has 0 fully saturated rings. The quantitative estimate of drug-likeness (QED) is 0.0542. The predicted octanol–water partition coefficient (Wildman–Crippen LogP) is 7.02. The average molecular weight is 842 g/mol. The van der Waals surface area contributed by atoms with E-state index in [9.17, 15) is 30.7 Å². The molecular weight excluding hydrogens is 793 g/mol. The molecule has 0 saturated carbocycles. The Morgan fingerprint density at radius 2 is 1.64 bits per heavy atom. The Hall–Kier alpha value is -5.68. The minimum atomic E-state index is -4.48. The molecule has 4 aromatic rings. The van der Waals surface area contributed by atoms with E-state index in [1.54, 1.807) is 36.4 Å². The number of likely N-dealkylation sites (N-methyl/N-ethyl adjacent to an activating group) is 1. The van der Waals surface area contributed by atoms with Crippen LogP contribution in [0.1, 0.15) is 70.6 Å². The van der Waals surface area contributed by atoms with Crippen LogP contribution in [0.3, 0.4) is 0 Å². The van der Waals surface area contributed by atoms with Crippen molar-refractivity contribution in [2.75, 3.05) is 23.7 Å². The Morgan fingerprint density at radius 1 is 0.932 bits per heavy atom. The Labute approximate surface area is 345 Å². The van der Waals surface area contributed by atoms with Gasteiger partial charge in [-0.1, -0.05) is 30.4 Å². The Balaban J connectivity index is 1.19. The molecule has 6 rings (SSSR count). The zero-order chi connectivity index (χ0) is 42.8. The fraction of sp³-hybridized carbons (Fsp3) is 0.302. The third kappa shape index (κ3) is 9.15. The summed E-state index contributed by atoms with van der Waals surface area (Å²) in [7, 11) is -8.85. The van der Waals surface area contributed by atoms with E-state index < -0.39 is 31.1 Å². The molecule has 2 aliphatic heterocycles. The molecular formula is C43H49N6O8S2+. The number of benzene rings is 3. The van der Waals surface area contributed by atoms with E-state index in [0.717, 1.165) is 39.5 Å². The molecule has 1 atom stereocenters. The first-order valence-corrected chi connectivity index (χ1v) is 22.1. The van der Waals surface area contributed by atoms with Crippen molar-refractivity contribution in [1.82, 2.24) is 15.3 Å². The van der Waals surface area contributed by atoms with Crippen LogP contribution in [0.5, 0.6) is 11.8 Å². The number of hydrogen-bond acceptors (Lipinski definition) is 10. The fourth-order valence-corrected chi connectivity index (χ4v) is 8.94. The standard InChI is InChI=1S/C43H48N6O8S2/c1-6-48-35-20-18-31(58(51,52)53)26-33(35)42(3,4)37(48)15-9-8-10-16-38-43(5,34-27-32(59(54,55)56)19-21-36(34)49(38)7-2)23-12-17-40(50)46-28-29-13-11-14-30(25-29)57-41-45-24-22-39(44)47-41/h8-11,13-16,18-22,24-27H,6-7,12,17,23,28H2,1-5H3,(H4-,44,45,46,47,50,51,52,53,54,55,56)/p+1. The van der Waals surface area contributed by atoms with Gasteiger partial charge in [0, 0.05) is 60.2 Å². The number of anilines is 2. The number of rotatable bonds is 15. The molecule has 1 amide bonds. The highest BCUT2D eigenvalue weighted by molar-refractivity contribution is 7.86. The van der Waals surface area contributed by atoms with Crippen molar-refractivity contribution in [1.29, 1.82) is 0 Å². The van der Waals surface area contributed by atoms with Crippen LogP contribution in [0.25, 0.3) is 0 Å². The zero-order valence-electron chi connectivity index (χ0n) is 33.6. The molecule has 16 heteroatoms. The number of ether oxygens (including phenoxy) is 1. The van der Waals surface area contributed by atoms with Crippen LogP contribution in [0.2, 0.25) is 0 Å². The number of allylic oxidation sites excluding steroid dienone is 6. The number of aromatic nitrogens is 2. The van der Waals surface area contributed by atoms with Crippen molar-refractivity contribution < 1.29 is 40.0 Å². The highest BCUT2D eigenvalue weighted by atomic mass is 32.2. The van der Waals surface area contributed by atoms with E-state index in [-0.39, 0.29) is 40.5 Å². The summed E-state index contributed by atoms with van der Waals surface area (Å²) in [6, 6.07) is 18.1. The normalized spacial score (nSPS) is 18.2. The third-order valence-electron chi connectivity index (χ3n) is 10.9. The summed E-state index contributed by atoms with van der Waals surface area (Å²) < 4.78 is 75.8. The number of nitrogens with zero attached hydrogens (tertiary/aromatic N) is 4. The van der Waals surface area contributed by atoms with Gasteiger partial charge in [0.15, 0.2) is 5.71 Å². The Kier molecular flexibility index (Phi) is 12.3. The summed E-state index contributed by atoms with van der Waals surface area (Å²) in [5.74, 6) is 0.621. The molecule has 14 nitrogen and oxygen atoms in total. The molecule has 0 saturated heterocycles. The second-order valence-electron chi connectivity index (χ2n) is 15.1. The minimum absolute atomic E-state index is 0.113. The molecule has 0 spiro atoms. The maximum absolute atomic E-state index is 13.1. The lowest BCUT2D eigenvalue weighted by molar-refractivity contribution is -0.433. The van der Waals surface area contributed by atoms with Crippen LogP contribution >= 0.6 is 0 Å². The van der Waals surface area contributed by atoms with Crippen molar-refractivity contribution in [3.05, 3.63) is 126 Å². The maximum atomic E-state index is 13.1. The van der Waals surface area contributed by atoms with E-state index >= 15 is 0 Å². The number of hydrogen-bond donors (Lipinski definition) is 4. The van der Waals surface area contributed by atoms with Crippen LogP contribution in [0.15, 0.2) is 119 Å². The van der Waals surface area contributed by atoms with Crippen molar-refractivity contribution >= 4 is 49.0 Å². The molecule has 1 aromatic heterocycles. The second kappa shape index (κ2) is 16.9. The summed E-state index contributed by atoms with van der Waals surface area (Å²) in [6.07, 6.45) is 12.4. The molecule has 0 aliphatic carbocycles. The number of carbonyl (C=O) groups is 1. The van der Waals surface area contributed by atoms with Crippen molar-refractivity contribution in [3.8, 4) is 11.8 Å². The predicted molar refractivity (Wildman–Crippen MR) is 226 cm³/mol. The highest BCUT2D eigenvalue weighted by Gasteiger charge is 2.45. The molecule has 0 bridgehead atoms. The number of fused-ring (bicyclic) bond motifs is 2. The lowest BCUT2D eigenvalue weighted by Crippen LogP contribution is -2.29. The van der Waals surface area contributed by atoms with E-state index in [4.69, 9.17) is 10.5 Å². The first kappa shape index (κ1) is 42.9. The summed E-state index contributed by atoms with van der Waals surface area (Å²) in [5.41, 5.74) is 10.3. The van der Waals surface area contributed by atoms with Gasteiger partial charge in [0.25, 0.3) is 20.2 Å². The molecule has 3 aromatic carbocycles. The molecule has 310 valence electrons. The fourth-order valence-electron chi connectivity index (χ4n) is 7.93. The van der Waals surface area contributed by atoms with Gasteiger partial charge in [-0.05, 0) is 113 Å². The molecule has 3 heterocycles. The molecule has 0 radical (unpaired) electrons. The average Bonchev–Trinajstić information content (AvgIpc) is 3.54. The Bertz CT molecular complexity index is 2640. The lowest BCUT2D eigenvalue weighted by atomic mass is 9.77. The first-order chi connectivity index (χ1) is 27.9. The highest BCUT2D eigenvalue weighted by Crippen LogP contribution is 2.51. The van der Waals surface area contributed by atoms with Gasteiger partial charge >= 0.3 is 6.01 Å². The van der Waals surface area contributed by atoms with Crippen molar-refractivity contribution in [2.24, 2.45) is 0 Å². The summed E-state index contributed by atoms with van der Waals surface area (Å²) in [6.45, 7) is 11.5. The van der Waals surface area contributed by atoms with Crippen LogP contribution in [-0.2, 0) is 42.4 Å². The summed E-state index contributed by atoms with van der Waals surface area (Å²) >= 11 is 0. The molecule has 1 unspecified atom stereocenters. The van der Waals surface area contributed by atoms with Gasteiger partial charge in [0.1, 0.15) is 18.1 Å². The number of amides is 1. The van der Waals surface area contributed by atoms with Crippen LogP contribution in [0.4, 0.5) is 17.2 Å². The van der Waals surface area contributed by atoms with Crippen LogP contribution < -0.4 is 20.7 Å².